The Kier molecular flexibility index (Phi) is 3.97. The highest BCUT2D eigenvalue weighted by Gasteiger charge is 2.45. The van der Waals surface area contributed by atoms with Crippen LogP contribution >= 0.6 is 27.5 Å². The minimum absolute atomic E-state index is 0.00948. The number of piperidine rings is 1. The van der Waals surface area contributed by atoms with Crippen LogP contribution in [0, 0.1) is 0 Å². The van der Waals surface area contributed by atoms with Gasteiger partial charge in [0.25, 0.3) is 5.91 Å². The lowest BCUT2D eigenvalue weighted by Gasteiger charge is -2.46. The minimum atomic E-state index is -0.499. The van der Waals surface area contributed by atoms with Crippen LogP contribution in [-0.4, -0.2) is 35.3 Å². The molecule has 0 N–H and O–H groups in total. The van der Waals surface area contributed by atoms with Crippen LogP contribution in [0.4, 0.5) is 5.69 Å². The van der Waals surface area contributed by atoms with Crippen molar-refractivity contribution in [3.63, 3.8) is 0 Å². The molecule has 4 nitrogen and oxygen atoms in total. The zero-order valence-corrected chi connectivity index (χ0v) is 14.0. The van der Waals surface area contributed by atoms with Crippen molar-refractivity contribution >= 4 is 45.0 Å². The molecule has 2 fully saturated rings. The van der Waals surface area contributed by atoms with Gasteiger partial charge in [0.15, 0.2) is 0 Å². The van der Waals surface area contributed by atoms with Gasteiger partial charge in [0.1, 0.15) is 12.1 Å². The number of amides is 2. The first-order chi connectivity index (χ1) is 10.0. The smallest absolute Gasteiger partial charge is 0.250 e. The highest BCUT2D eigenvalue weighted by Crippen LogP contribution is 2.37. The Bertz CT molecular complexity index is 607. The van der Waals surface area contributed by atoms with Gasteiger partial charge >= 0.3 is 0 Å². The maximum atomic E-state index is 12.8. The van der Waals surface area contributed by atoms with E-state index in [4.69, 9.17) is 11.6 Å². The first-order valence-electron chi connectivity index (χ1n) is 7.10. The molecule has 2 amide bonds. The number of carbonyl (C=O) groups excluding carboxylic acids is 2. The van der Waals surface area contributed by atoms with Crippen LogP contribution in [0.25, 0.3) is 0 Å². The van der Waals surface area contributed by atoms with Gasteiger partial charge in [0.05, 0.1) is 15.2 Å². The van der Waals surface area contributed by atoms with Crippen molar-refractivity contribution in [3.05, 3.63) is 27.7 Å². The average molecular weight is 372 g/mol. The van der Waals surface area contributed by atoms with Gasteiger partial charge < -0.3 is 4.90 Å². The highest BCUT2D eigenvalue weighted by molar-refractivity contribution is 9.10. The standard InChI is InChI=1S/C15H16BrClN2O2/c1-9-14(20)18-8-3-2-6-12(18)15(21)19(9)11-7-4-5-10(17)13(11)16/h4-5,7,9,12H,2-3,6,8H2,1H3. The summed E-state index contributed by atoms with van der Waals surface area (Å²) in [5.74, 6) is 0.0101. The molecule has 2 saturated heterocycles. The third-order valence-corrected chi connectivity index (χ3v) is 5.62. The number of hydrogen-bond donors (Lipinski definition) is 0. The van der Waals surface area contributed by atoms with Crippen molar-refractivity contribution in [1.29, 1.82) is 0 Å². The van der Waals surface area contributed by atoms with Gasteiger partial charge in [-0.1, -0.05) is 17.7 Å². The van der Waals surface area contributed by atoms with Crippen LogP contribution < -0.4 is 4.90 Å². The second kappa shape index (κ2) is 5.61. The summed E-state index contributed by atoms with van der Waals surface area (Å²) in [7, 11) is 0. The molecule has 1 aromatic carbocycles. The Morgan fingerprint density at radius 2 is 2.00 bits per heavy atom. The first-order valence-corrected chi connectivity index (χ1v) is 8.27. The molecule has 2 unspecified atom stereocenters. The Hall–Kier alpha value is -1.07. The minimum Gasteiger partial charge on any atom is -0.329 e. The van der Waals surface area contributed by atoms with Crippen LogP contribution in [0.5, 0.6) is 0 Å². The summed E-state index contributed by atoms with van der Waals surface area (Å²) in [6, 6.07) is 4.54. The summed E-state index contributed by atoms with van der Waals surface area (Å²) in [4.78, 5) is 28.7. The van der Waals surface area contributed by atoms with Gasteiger partial charge in [-0.05, 0) is 54.2 Å². The number of hydrogen-bond acceptors (Lipinski definition) is 2. The molecular formula is C15H16BrClN2O2. The van der Waals surface area contributed by atoms with E-state index in [1.165, 1.54) is 0 Å². The molecule has 2 aliphatic rings. The quantitative estimate of drug-likeness (QED) is 0.760. The number of nitrogens with zero attached hydrogens (tertiary/aromatic N) is 2. The third kappa shape index (κ3) is 2.36. The van der Waals surface area contributed by atoms with Crippen LogP contribution in [-0.2, 0) is 9.59 Å². The van der Waals surface area contributed by atoms with E-state index in [0.717, 1.165) is 19.3 Å². The molecule has 21 heavy (non-hydrogen) atoms. The second-order valence-corrected chi connectivity index (χ2v) is 6.70. The Morgan fingerprint density at radius 1 is 1.24 bits per heavy atom. The monoisotopic (exact) mass is 370 g/mol. The summed E-state index contributed by atoms with van der Waals surface area (Å²) in [5, 5.41) is 0.533. The predicted molar refractivity (Wildman–Crippen MR) is 85.5 cm³/mol. The summed E-state index contributed by atoms with van der Waals surface area (Å²) in [5.41, 5.74) is 0.665. The SMILES string of the molecule is CC1C(=O)N2CCCCC2C(=O)N1c1cccc(Cl)c1Br. The van der Waals surface area contributed by atoms with Crippen molar-refractivity contribution < 1.29 is 9.59 Å². The zero-order chi connectivity index (χ0) is 15.1. The normalized spacial score (nSPS) is 26.0. The van der Waals surface area contributed by atoms with Crippen molar-refractivity contribution in [3.8, 4) is 0 Å². The molecule has 2 aliphatic heterocycles. The average Bonchev–Trinajstić information content (AvgIpc) is 2.49. The van der Waals surface area contributed by atoms with Gasteiger partial charge in [0.2, 0.25) is 5.91 Å². The van der Waals surface area contributed by atoms with Crippen LogP contribution in [0.2, 0.25) is 5.02 Å². The molecule has 2 heterocycles. The van der Waals surface area contributed by atoms with E-state index in [1.807, 2.05) is 6.07 Å². The number of benzene rings is 1. The van der Waals surface area contributed by atoms with Crippen LogP contribution in [0.15, 0.2) is 22.7 Å². The molecular weight excluding hydrogens is 356 g/mol. The number of piperazine rings is 1. The van der Waals surface area contributed by atoms with Gasteiger partial charge in [0, 0.05) is 6.54 Å². The summed E-state index contributed by atoms with van der Waals surface area (Å²) in [6.07, 6.45) is 2.70. The van der Waals surface area contributed by atoms with Crippen molar-refractivity contribution in [2.24, 2.45) is 0 Å². The molecule has 1 aromatic rings. The molecule has 0 radical (unpaired) electrons. The van der Waals surface area contributed by atoms with Gasteiger partial charge in [-0.25, -0.2) is 0 Å². The molecule has 0 saturated carbocycles. The molecule has 0 bridgehead atoms. The number of anilines is 1. The van der Waals surface area contributed by atoms with E-state index >= 15 is 0 Å². The molecule has 112 valence electrons. The number of carbonyl (C=O) groups is 2. The van der Waals surface area contributed by atoms with Crippen LogP contribution in [0.3, 0.4) is 0 Å². The van der Waals surface area contributed by atoms with Crippen molar-refractivity contribution in [1.82, 2.24) is 4.90 Å². The fraction of sp³-hybridized carbons (Fsp3) is 0.467. The second-order valence-electron chi connectivity index (χ2n) is 5.50. The third-order valence-electron chi connectivity index (χ3n) is 4.24. The fourth-order valence-electron chi connectivity index (χ4n) is 3.16. The molecule has 2 atom stereocenters. The largest absolute Gasteiger partial charge is 0.329 e. The lowest BCUT2D eigenvalue weighted by Crippen LogP contribution is -2.65. The van der Waals surface area contributed by atoms with Gasteiger partial charge in [-0.15, -0.1) is 0 Å². The van der Waals surface area contributed by atoms with E-state index in [2.05, 4.69) is 15.9 Å². The fourth-order valence-corrected chi connectivity index (χ4v) is 3.78. The van der Waals surface area contributed by atoms with Crippen molar-refractivity contribution in [2.75, 3.05) is 11.4 Å². The summed E-state index contributed by atoms with van der Waals surface area (Å²) < 4.78 is 0.656. The first kappa shape index (κ1) is 14.9. The maximum Gasteiger partial charge on any atom is 0.250 e. The van der Waals surface area contributed by atoms with Crippen molar-refractivity contribution in [2.45, 2.75) is 38.3 Å². The summed E-state index contributed by atoms with van der Waals surface area (Å²) in [6.45, 7) is 2.46. The van der Waals surface area contributed by atoms with E-state index in [-0.39, 0.29) is 17.9 Å². The molecule has 0 spiro atoms. The van der Waals surface area contributed by atoms with Crippen LogP contribution in [0.1, 0.15) is 26.2 Å². The van der Waals surface area contributed by atoms with E-state index in [9.17, 15) is 9.59 Å². The maximum absolute atomic E-state index is 12.8. The van der Waals surface area contributed by atoms with E-state index in [0.29, 0.717) is 21.7 Å². The Morgan fingerprint density at radius 3 is 2.76 bits per heavy atom. The summed E-state index contributed by atoms with van der Waals surface area (Å²) >= 11 is 9.55. The van der Waals surface area contributed by atoms with Gasteiger partial charge in [-0.2, -0.15) is 0 Å². The molecule has 0 aliphatic carbocycles. The molecule has 0 aromatic heterocycles. The molecule has 6 heteroatoms. The lowest BCUT2D eigenvalue weighted by atomic mass is 9.95. The Balaban J connectivity index is 2.03. The van der Waals surface area contributed by atoms with Gasteiger partial charge in [-0.3, -0.25) is 14.5 Å². The number of halogens is 2. The topological polar surface area (TPSA) is 40.6 Å². The lowest BCUT2D eigenvalue weighted by molar-refractivity contribution is -0.147. The Labute approximate surface area is 137 Å². The van der Waals surface area contributed by atoms with E-state index < -0.39 is 6.04 Å². The zero-order valence-electron chi connectivity index (χ0n) is 11.7. The number of rotatable bonds is 1. The molecule has 3 rings (SSSR count). The predicted octanol–water partition coefficient (Wildman–Crippen LogP) is 3.22. The number of fused-ring (bicyclic) bond motifs is 1. The van der Waals surface area contributed by atoms with E-state index in [1.54, 1.807) is 28.9 Å². The highest BCUT2D eigenvalue weighted by atomic mass is 79.9.